The van der Waals surface area contributed by atoms with Crippen molar-refractivity contribution < 1.29 is 9.59 Å². The quantitative estimate of drug-likeness (QED) is 0.873. The van der Waals surface area contributed by atoms with Crippen LogP contribution in [0.1, 0.15) is 66.2 Å². The molecule has 1 fully saturated rings. The molecular formula is C16H23N3O2. The molecule has 2 N–H and O–H groups in total. The van der Waals surface area contributed by atoms with Gasteiger partial charge >= 0.3 is 0 Å². The van der Waals surface area contributed by atoms with Gasteiger partial charge in [-0.05, 0) is 25.3 Å². The summed E-state index contributed by atoms with van der Waals surface area (Å²) in [6.45, 7) is 2.61. The second-order valence-electron chi connectivity index (χ2n) is 5.53. The third kappa shape index (κ3) is 4.55. The molecule has 0 spiro atoms. The highest BCUT2D eigenvalue weighted by atomic mass is 16.2. The first-order valence-electron chi connectivity index (χ1n) is 7.75. The van der Waals surface area contributed by atoms with Gasteiger partial charge in [-0.3, -0.25) is 14.6 Å². The molecule has 0 aromatic carbocycles. The van der Waals surface area contributed by atoms with Crippen molar-refractivity contribution in [2.24, 2.45) is 0 Å². The molecule has 0 bridgehead atoms. The van der Waals surface area contributed by atoms with E-state index in [-0.39, 0.29) is 17.9 Å². The Bertz CT molecular complexity index is 496. The summed E-state index contributed by atoms with van der Waals surface area (Å²) >= 11 is 0. The molecule has 0 aliphatic heterocycles. The molecule has 1 aromatic rings. The summed E-state index contributed by atoms with van der Waals surface area (Å²) in [5.41, 5.74) is 0.879. The zero-order valence-corrected chi connectivity index (χ0v) is 12.5. The van der Waals surface area contributed by atoms with E-state index in [1.807, 2.05) is 6.92 Å². The van der Waals surface area contributed by atoms with Crippen molar-refractivity contribution in [3.05, 3.63) is 29.6 Å². The van der Waals surface area contributed by atoms with Gasteiger partial charge < -0.3 is 10.6 Å². The van der Waals surface area contributed by atoms with Gasteiger partial charge in [-0.2, -0.15) is 0 Å². The lowest BCUT2D eigenvalue weighted by atomic mass is 9.95. The van der Waals surface area contributed by atoms with Gasteiger partial charge in [-0.15, -0.1) is 0 Å². The van der Waals surface area contributed by atoms with Crippen LogP contribution in [-0.4, -0.2) is 29.4 Å². The molecule has 5 heteroatoms. The predicted octanol–water partition coefficient (Wildman–Crippen LogP) is 2.28. The summed E-state index contributed by atoms with van der Waals surface area (Å²) in [6, 6.07) is 1.86. The fourth-order valence-corrected chi connectivity index (χ4v) is 2.54. The number of amides is 2. The molecule has 1 aliphatic rings. The topological polar surface area (TPSA) is 71.1 Å². The molecule has 114 valence electrons. The van der Waals surface area contributed by atoms with E-state index in [1.54, 1.807) is 6.07 Å². The van der Waals surface area contributed by atoms with Crippen LogP contribution in [0.25, 0.3) is 0 Å². The SMILES string of the molecule is CCCNC(=O)c1cncc(C(=O)NC2CCCCC2)c1. The summed E-state index contributed by atoms with van der Waals surface area (Å²) < 4.78 is 0. The van der Waals surface area contributed by atoms with Crippen LogP contribution in [0.3, 0.4) is 0 Å². The minimum atomic E-state index is -0.184. The number of hydrogen-bond donors (Lipinski definition) is 2. The smallest absolute Gasteiger partial charge is 0.253 e. The second kappa shape index (κ2) is 7.76. The maximum atomic E-state index is 12.2. The van der Waals surface area contributed by atoms with Gasteiger partial charge in [0.25, 0.3) is 11.8 Å². The number of hydrogen-bond acceptors (Lipinski definition) is 3. The summed E-state index contributed by atoms with van der Waals surface area (Å²) in [6.07, 6.45) is 9.54. The van der Waals surface area contributed by atoms with E-state index in [1.165, 1.54) is 31.7 Å². The second-order valence-corrected chi connectivity index (χ2v) is 5.53. The third-order valence-electron chi connectivity index (χ3n) is 3.74. The number of rotatable bonds is 5. The number of carbonyl (C=O) groups is 2. The minimum Gasteiger partial charge on any atom is -0.352 e. The van der Waals surface area contributed by atoms with Crippen molar-refractivity contribution in [2.45, 2.75) is 51.5 Å². The van der Waals surface area contributed by atoms with Gasteiger partial charge in [0.2, 0.25) is 0 Å². The van der Waals surface area contributed by atoms with Crippen molar-refractivity contribution in [1.29, 1.82) is 0 Å². The highest BCUT2D eigenvalue weighted by Gasteiger charge is 2.17. The molecule has 2 amide bonds. The van der Waals surface area contributed by atoms with E-state index >= 15 is 0 Å². The van der Waals surface area contributed by atoms with Gasteiger partial charge in [0.15, 0.2) is 0 Å². The molecule has 1 aromatic heterocycles. The molecule has 5 nitrogen and oxygen atoms in total. The van der Waals surface area contributed by atoms with E-state index in [2.05, 4.69) is 15.6 Å². The Kier molecular flexibility index (Phi) is 5.72. The lowest BCUT2D eigenvalue weighted by Crippen LogP contribution is -2.36. The Morgan fingerprint density at radius 1 is 1.14 bits per heavy atom. The monoisotopic (exact) mass is 289 g/mol. The van der Waals surface area contributed by atoms with Crippen molar-refractivity contribution in [2.75, 3.05) is 6.54 Å². The van der Waals surface area contributed by atoms with Gasteiger partial charge in [0.05, 0.1) is 11.1 Å². The Morgan fingerprint density at radius 2 is 1.81 bits per heavy atom. The molecule has 0 unspecified atom stereocenters. The number of pyridine rings is 1. The van der Waals surface area contributed by atoms with Crippen LogP contribution < -0.4 is 10.6 Å². The van der Waals surface area contributed by atoms with Crippen molar-refractivity contribution in [3.8, 4) is 0 Å². The fourth-order valence-electron chi connectivity index (χ4n) is 2.54. The summed E-state index contributed by atoms with van der Waals surface area (Å²) in [5, 5.41) is 5.82. The zero-order chi connectivity index (χ0) is 15.1. The number of carbonyl (C=O) groups excluding carboxylic acids is 2. The van der Waals surface area contributed by atoms with Crippen LogP contribution in [0.4, 0.5) is 0 Å². The maximum Gasteiger partial charge on any atom is 0.253 e. The third-order valence-corrected chi connectivity index (χ3v) is 3.74. The van der Waals surface area contributed by atoms with E-state index < -0.39 is 0 Å². The summed E-state index contributed by atoms with van der Waals surface area (Å²) in [7, 11) is 0. The summed E-state index contributed by atoms with van der Waals surface area (Å²) in [4.78, 5) is 28.1. The van der Waals surface area contributed by atoms with Gasteiger partial charge in [-0.1, -0.05) is 26.2 Å². The highest BCUT2D eigenvalue weighted by molar-refractivity contribution is 5.99. The van der Waals surface area contributed by atoms with Crippen LogP contribution in [0.2, 0.25) is 0 Å². The number of aromatic nitrogens is 1. The first-order chi connectivity index (χ1) is 10.2. The molecule has 1 saturated carbocycles. The first kappa shape index (κ1) is 15.5. The molecule has 21 heavy (non-hydrogen) atoms. The van der Waals surface area contributed by atoms with Crippen molar-refractivity contribution in [1.82, 2.24) is 15.6 Å². The molecule has 1 heterocycles. The summed E-state index contributed by atoms with van der Waals surface area (Å²) in [5.74, 6) is -0.323. The highest BCUT2D eigenvalue weighted by Crippen LogP contribution is 2.17. The predicted molar refractivity (Wildman–Crippen MR) is 81.2 cm³/mol. The van der Waals surface area contributed by atoms with Gasteiger partial charge in [0.1, 0.15) is 0 Å². The molecule has 0 radical (unpaired) electrons. The molecular weight excluding hydrogens is 266 g/mol. The molecule has 2 rings (SSSR count). The van der Waals surface area contributed by atoms with E-state index in [4.69, 9.17) is 0 Å². The number of nitrogens with zero attached hydrogens (tertiary/aromatic N) is 1. The molecule has 1 aliphatic carbocycles. The lowest BCUT2D eigenvalue weighted by molar-refractivity contribution is 0.0927. The molecule has 0 saturated heterocycles. The zero-order valence-electron chi connectivity index (χ0n) is 12.5. The van der Waals surface area contributed by atoms with Gasteiger partial charge in [-0.25, -0.2) is 0 Å². The Hall–Kier alpha value is -1.91. The fraction of sp³-hybridized carbons (Fsp3) is 0.562. The Balaban J connectivity index is 1.98. The maximum absolute atomic E-state index is 12.2. The van der Waals surface area contributed by atoms with E-state index in [9.17, 15) is 9.59 Å². The lowest BCUT2D eigenvalue weighted by Gasteiger charge is -2.22. The van der Waals surface area contributed by atoms with E-state index in [0.717, 1.165) is 19.3 Å². The van der Waals surface area contributed by atoms with Gasteiger partial charge in [0, 0.05) is 25.0 Å². The minimum absolute atomic E-state index is 0.139. The van der Waals surface area contributed by atoms with Crippen molar-refractivity contribution in [3.63, 3.8) is 0 Å². The van der Waals surface area contributed by atoms with Crippen molar-refractivity contribution >= 4 is 11.8 Å². The first-order valence-corrected chi connectivity index (χ1v) is 7.75. The average molecular weight is 289 g/mol. The largest absolute Gasteiger partial charge is 0.352 e. The van der Waals surface area contributed by atoms with Crippen LogP contribution >= 0.6 is 0 Å². The number of nitrogens with one attached hydrogen (secondary N) is 2. The Morgan fingerprint density at radius 3 is 2.48 bits per heavy atom. The standard InChI is InChI=1S/C16H23N3O2/c1-2-8-18-15(20)12-9-13(11-17-10-12)16(21)19-14-6-4-3-5-7-14/h9-11,14H,2-8H2,1H3,(H,18,20)(H,19,21). The molecule has 0 atom stereocenters. The van der Waals surface area contributed by atoms with Crippen LogP contribution in [-0.2, 0) is 0 Å². The van der Waals surface area contributed by atoms with Crippen LogP contribution in [0.15, 0.2) is 18.5 Å². The van der Waals surface area contributed by atoms with E-state index in [0.29, 0.717) is 17.7 Å². The average Bonchev–Trinajstić information content (AvgIpc) is 2.53. The van der Waals surface area contributed by atoms with Crippen LogP contribution in [0, 0.1) is 0 Å². The normalized spacial score (nSPS) is 15.5. The van der Waals surface area contributed by atoms with Crippen LogP contribution in [0.5, 0.6) is 0 Å². The Labute approximate surface area is 125 Å².